The summed E-state index contributed by atoms with van der Waals surface area (Å²) in [6, 6.07) is 4.78. The fourth-order valence-corrected chi connectivity index (χ4v) is 2.14. The largest absolute Gasteiger partial charge is 0.480 e. The van der Waals surface area contributed by atoms with Crippen molar-refractivity contribution < 1.29 is 14.3 Å². The van der Waals surface area contributed by atoms with E-state index in [9.17, 15) is 9.18 Å². The van der Waals surface area contributed by atoms with Crippen LogP contribution in [0, 0.1) is 5.82 Å². The van der Waals surface area contributed by atoms with Gasteiger partial charge in [-0.05, 0) is 6.07 Å². The molecule has 0 unspecified atom stereocenters. The minimum absolute atomic E-state index is 0.238. The van der Waals surface area contributed by atoms with E-state index < -0.39 is 11.8 Å². The second-order valence-corrected chi connectivity index (χ2v) is 4.77. The molecule has 0 aliphatic rings. The highest BCUT2D eigenvalue weighted by Gasteiger charge is 2.16. The van der Waals surface area contributed by atoms with Gasteiger partial charge in [0.05, 0.1) is 17.3 Å². The topological polar surface area (TPSA) is 56.7 Å². The SMILES string of the molecule is CN(C)c1cnc(N(C)CC(=O)O)c2c(F)cccc12. The first-order valence-corrected chi connectivity index (χ1v) is 6.09. The number of anilines is 2. The van der Waals surface area contributed by atoms with Gasteiger partial charge in [-0.15, -0.1) is 0 Å². The van der Waals surface area contributed by atoms with Gasteiger partial charge < -0.3 is 14.9 Å². The summed E-state index contributed by atoms with van der Waals surface area (Å²) >= 11 is 0. The molecule has 1 aromatic carbocycles. The lowest BCUT2D eigenvalue weighted by molar-refractivity contribution is -0.135. The van der Waals surface area contributed by atoms with Crippen molar-refractivity contribution in [2.24, 2.45) is 0 Å². The molecule has 0 saturated heterocycles. The summed E-state index contributed by atoms with van der Waals surface area (Å²) in [5.74, 6) is -1.08. The molecule has 2 rings (SSSR count). The van der Waals surface area contributed by atoms with E-state index in [1.165, 1.54) is 11.0 Å². The number of nitrogens with zero attached hydrogens (tertiary/aromatic N) is 3. The zero-order valence-electron chi connectivity index (χ0n) is 11.6. The maximum absolute atomic E-state index is 14.2. The van der Waals surface area contributed by atoms with Crippen LogP contribution in [-0.4, -0.2) is 43.7 Å². The van der Waals surface area contributed by atoms with Crippen LogP contribution in [0.3, 0.4) is 0 Å². The normalized spacial score (nSPS) is 10.6. The number of benzene rings is 1. The molecule has 106 valence electrons. The summed E-state index contributed by atoms with van der Waals surface area (Å²) in [7, 11) is 5.28. The van der Waals surface area contributed by atoms with Gasteiger partial charge >= 0.3 is 5.97 Å². The van der Waals surface area contributed by atoms with Crippen LogP contribution in [0.25, 0.3) is 10.8 Å². The molecule has 20 heavy (non-hydrogen) atoms. The van der Waals surface area contributed by atoms with E-state index in [1.54, 1.807) is 25.4 Å². The Morgan fingerprint density at radius 1 is 1.35 bits per heavy atom. The third kappa shape index (κ3) is 2.49. The van der Waals surface area contributed by atoms with Crippen molar-refractivity contribution in [2.45, 2.75) is 0 Å². The van der Waals surface area contributed by atoms with Crippen molar-refractivity contribution in [3.63, 3.8) is 0 Å². The highest BCUT2D eigenvalue weighted by Crippen LogP contribution is 2.32. The monoisotopic (exact) mass is 277 g/mol. The predicted molar refractivity (Wildman–Crippen MR) is 76.9 cm³/mol. The number of hydrogen-bond acceptors (Lipinski definition) is 4. The molecule has 0 atom stereocenters. The number of halogens is 1. The molecule has 1 heterocycles. The highest BCUT2D eigenvalue weighted by molar-refractivity contribution is 6.01. The van der Waals surface area contributed by atoms with Crippen molar-refractivity contribution >= 4 is 28.2 Å². The molecule has 0 amide bonds. The lowest BCUT2D eigenvalue weighted by Gasteiger charge is -2.21. The fourth-order valence-electron chi connectivity index (χ4n) is 2.14. The van der Waals surface area contributed by atoms with Crippen LogP contribution in [0.5, 0.6) is 0 Å². The van der Waals surface area contributed by atoms with E-state index in [2.05, 4.69) is 4.98 Å². The molecule has 0 saturated carbocycles. The Balaban J connectivity index is 2.68. The molecule has 5 nitrogen and oxygen atoms in total. The lowest BCUT2D eigenvalue weighted by atomic mass is 10.1. The second kappa shape index (κ2) is 5.32. The van der Waals surface area contributed by atoms with Crippen molar-refractivity contribution in [1.82, 2.24) is 4.98 Å². The molecule has 0 spiro atoms. The Bertz CT molecular complexity index is 658. The summed E-state index contributed by atoms with van der Waals surface area (Å²) in [4.78, 5) is 18.3. The van der Waals surface area contributed by atoms with Crippen LogP contribution in [-0.2, 0) is 4.79 Å². The lowest BCUT2D eigenvalue weighted by Crippen LogP contribution is -2.26. The minimum atomic E-state index is -0.990. The first-order valence-electron chi connectivity index (χ1n) is 6.09. The van der Waals surface area contributed by atoms with Gasteiger partial charge in [-0.25, -0.2) is 9.37 Å². The van der Waals surface area contributed by atoms with Gasteiger partial charge in [-0.2, -0.15) is 0 Å². The van der Waals surface area contributed by atoms with Crippen LogP contribution in [0.15, 0.2) is 24.4 Å². The zero-order valence-corrected chi connectivity index (χ0v) is 11.6. The van der Waals surface area contributed by atoms with Gasteiger partial charge in [0.15, 0.2) is 0 Å². The van der Waals surface area contributed by atoms with Gasteiger partial charge in [-0.1, -0.05) is 12.1 Å². The molecule has 0 fully saturated rings. The third-order valence-electron chi connectivity index (χ3n) is 3.04. The Morgan fingerprint density at radius 2 is 2.05 bits per heavy atom. The number of hydrogen-bond donors (Lipinski definition) is 1. The van der Waals surface area contributed by atoms with E-state index >= 15 is 0 Å². The van der Waals surface area contributed by atoms with E-state index in [0.717, 1.165) is 5.69 Å². The molecule has 0 aliphatic carbocycles. The van der Waals surface area contributed by atoms with Crippen molar-refractivity contribution in [3.8, 4) is 0 Å². The molecule has 1 N–H and O–H groups in total. The number of likely N-dealkylation sites (N-methyl/N-ethyl adjacent to an activating group) is 1. The van der Waals surface area contributed by atoms with Gasteiger partial charge in [0.1, 0.15) is 18.2 Å². The summed E-state index contributed by atoms with van der Waals surface area (Å²) in [5, 5.41) is 9.90. The van der Waals surface area contributed by atoms with Crippen LogP contribution in [0.2, 0.25) is 0 Å². The Morgan fingerprint density at radius 3 is 2.65 bits per heavy atom. The molecule has 0 radical (unpaired) electrons. The summed E-state index contributed by atoms with van der Waals surface area (Å²) in [6.45, 7) is -0.238. The Labute approximate surface area is 116 Å². The Hall–Kier alpha value is -2.37. The number of rotatable bonds is 4. The van der Waals surface area contributed by atoms with E-state index in [0.29, 0.717) is 16.6 Å². The van der Waals surface area contributed by atoms with E-state index in [1.807, 2.05) is 19.0 Å². The predicted octanol–water partition coefficient (Wildman–Crippen LogP) is 1.96. The maximum Gasteiger partial charge on any atom is 0.323 e. The second-order valence-electron chi connectivity index (χ2n) is 4.77. The molecule has 2 aromatic rings. The van der Waals surface area contributed by atoms with Crippen LogP contribution >= 0.6 is 0 Å². The van der Waals surface area contributed by atoms with Gasteiger partial charge in [0.2, 0.25) is 0 Å². The van der Waals surface area contributed by atoms with Crippen molar-refractivity contribution in [1.29, 1.82) is 0 Å². The van der Waals surface area contributed by atoms with Crippen molar-refractivity contribution in [3.05, 3.63) is 30.2 Å². The standard InChI is InChI=1S/C14H16FN3O2/c1-17(2)11-7-16-14(18(3)8-12(19)20)13-9(11)5-4-6-10(13)15/h4-7H,8H2,1-3H3,(H,19,20). The van der Waals surface area contributed by atoms with Crippen molar-refractivity contribution in [2.75, 3.05) is 37.5 Å². The summed E-state index contributed by atoms with van der Waals surface area (Å²) in [6.07, 6.45) is 1.62. The third-order valence-corrected chi connectivity index (χ3v) is 3.04. The quantitative estimate of drug-likeness (QED) is 0.925. The number of pyridine rings is 1. The average molecular weight is 277 g/mol. The molecule has 1 aromatic heterocycles. The molecular weight excluding hydrogens is 261 g/mol. The number of fused-ring (bicyclic) bond motifs is 1. The maximum atomic E-state index is 14.2. The molecular formula is C14H16FN3O2. The Kier molecular flexibility index (Phi) is 3.74. The number of carbonyl (C=O) groups is 1. The average Bonchev–Trinajstić information content (AvgIpc) is 2.36. The van der Waals surface area contributed by atoms with Crippen LogP contribution in [0.1, 0.15) is 0 Å². The van der Waals surface area contributed by atoms with Gasteiger partial charge in [-0.3, -0.25) is 4.79 Å². The minimum Gasteiger partial charge on any atom is -0.480 e. The number of aromatic nitrogens is 1. The first-order chi connectivity index (χ1) is 9.41. The number of carboxylic acid groups (broad SMARTS) is 1. The van der Waals surface area contributed by atoms with E-state index in [4.69, 9.17) is 5.11 Å². The summed E-state index contributed by atoms with van der Waals surface area (Å²) in [5.41, 5.74) is 0.784. The van der Waals surface area contributed by atoms with Gasteiger partial charge in [0, 0.05) is 26.5 Å². The number of carboxylic acids is 1. The molecule has 0 aliphatic heterocycles. The molecule has 6 heteroatoms. The van der Waals surface area contributed by atoms with Crippen LogP contribution < -0.4 is 9.80 Å². The van der Waals surface area contributed by atoms with E-state index in [-0.39, 0.29) is 6.54 Å². The zero-order chi connectivity index (χ0) is 14.9. The fraction of sp³-hybridized carbons (Fsp3) is 0.286. The highest BCUT2D eigenvalue weighted by atomic mass is 19.1. The molecule has 0 bridgehead atoms. The smallest absolute Gasteiger partial charge is 0.323 e. The number of aliphatic carboxylic acids is 1. The first kappa shape index (κ1) is 14.0. The van der Waals surface area contributed by atoms with Crippen LogP contribution in [0.4, 0.5) is 15.9 Å². The summed E-state index contributed by atoms with van der Waals surface area (Å²) < 4.78 is 14.2. The van der Waals surface area contributed by atoms with Gasteiger partial charge in [0.25, 0.3) is 0 Å².